The van der Waals surface area contributed by atoms with Gasteiger partial charge in [-0.05, 0) is 35.1 Å². The average Bonchev–Trinajstić information content (AvgIpc) is 2.44. The molecule has 0 aliphatic rings. The molecule has 0 nitrogen and oxygen atoms in total. The fraction of sp³-hybridized carbons (Fsp3) is 0.250. The molecule has 0 aliphatic heterocycles. The van der Waals surface area contributed by atoms with Gasteiger partial charge in [-0.2, -0.15) is 0 Å². The van der Waals surface area contributed by atoms with Crippen LogP contribution in [-0.4, -0.2) is 0 Å². The lowest BCUT2D eigenvalue weighted by Gasteiger charge is -2.11. The van der Waals surface area contributed by atoms with E-state index in [9.17, 15) is 0 Å². The van der Waals surface area contributed by atoms with Crippen LogP contribution in [0.3, 0.4) is 0 Å². The molecule has 0 aromatic heterocycles. The van der Waals surface area contributed by atoms with E-state index in [2.05, 4.69) is 0 Å². The number of rotatable bonds is 2. The minimum Gasteiger partial charge on any atom is -0.0622 e. The van der Waals surface area contributed by atoms with Gasteiger partial charge in [0.15, 0.2) is 0 Å². The first kappa shape index (κ1) is 5.67. The molecule has 0 aliphatic carbocycles. The van der Waals surface area contributed by atoms with Gasteiger partial charge in [-0.1, -0.05) is 62.3 Å². The lowest BCUT2D eigenvalue weighted by atomic mass is 9.94. The maximum Gasteiger partial charge on any atom is 0.0629 e. The Balaban J connectivity index is 2.83. The molecule has 0 heterocycles. The molecule has 2 rings (SSSR count). The highest BCUT2D eigenvalue weighted by Crippen LogP contribution is 2.27. The second-order valence-electron chi connectivity index (χ2n) is 4.03. The molecule has 16 heavy (non-hydrogen) atoms. The first-order valence-electron chi connectivity index (χ1n) is 8.24. The minimum absolute atomic E-state index is 0.189. The third-order valence-corrected chi connectivity index (χ3v) is 2.58. The molecular formula is C16H18. The summed E-state index contributed by atoms with van der Waals surface area (Å²) in [5, 5.41) is 0. The summed E-state index contributed by atoms with van der Waals surface area (Å²) in [6, 6.07) is 3.90. The third kappa shape index (κ3) is 2.16. The van der Waals surface area contributed by atoms with E-state index in [1.165, 1.54) is 0 Å². The van der Waals surface area contributed by atoms with Gasteiger partial charge in [0.1, 0.15) is 0 Å². The average molecular weight is 216 g/mol. The van der Waals surface area contributed by atoms with Crippen LogP contribution in [0.25, 0.3) is 11.1 Å². The maximum absolute atomic E-state index is 8.13. The smallest absolute Gasteiger partial charge is 0.0622 e. The van der Waals surface area contributed by atoms with E-state index in [1.807, 2.05) is 19.1 Å². The van der Waals surface area contributed by atoms with Crippen molar-refractivity contribution in [2.24, 2.45) is 0 Å². The number of hydrogen-bond donors (Lipinski definition) is 0. The molecule has 0 radical (unpaired) electrons. The van der Waals surface area contributed by atoms with Crippen LogP contribution in [0.15, 0.2) is 48.4 Å². The van der Waals surface area contributed by atoms with E-state index in [0.29, 0.717) is 5.56 Å². The molecule has 2 aromatic rings. The second-order valence-corrected chi connectivity index (χ2v) is 4.03. The van der Waals surface area contributed by atoms with E-state index >= 15 is 0 Å². The summed E-state index contributed by atoms with van der Waals surface area (Å²) >= 11 is 0. The molecule has 0 spiro atoms. The van der Waals surface area contributed by atoms with Crippen molar-refractivity contribution in [3.8, 4) is 11.1 Å². The molecule has 0 saturated heterocycles. The normalized spacial score (nSPS) is 16.7. The second kappa shape index (κ2) is 4.52. The number of hydrogen-bond acceptors (Lipinski definition) is 0. The zero-order valence-electron chi connectivity index (χ0n) is 15.7. The van der Waals surface area contributed by atoms with Gasteiger partial charge in [0.2, 0.25) is 0 Å². The molecule has 0 N–H and O–H groups in total. The Bertz CT molecular complexity index is 714. The fourth-order valence-electron chi connectivity index (χ4n) is 1.59. The SMILES string of the molecule is [2H]c1c([2H])c([2H])c(-c2cc(C([2H])(C)C)ccc2C)c([2H])c1[2H]. The zero-order valence-corrected chi connectivity index (χ0v) is 9.73. The third-order valence-electron chi connectivity index (χ3n) is 2.58. The van der Waals surface area contributed by atoms with Gasteiger partial charge >= 0.3 is 0 Å². The Labute approximate surface area is 106 Å². The van der Waals surface area contributed by atoms with Crippen molar-refractivity contribution >= 4 is 0 Å². The quantitative estimate of drug-likeness (QED) is 0.677. The predicted molar refractivity (Wildman–Crippen MR) is 70.7 cm³/mol. The Morgan fingerprint density at radius 3 is 2.44 bits per heavy atom. The van der Waals surface area contributed by atoms with Crippen molar-refractivity contribution in [3.63, 3.8) is 0 Å². The summed E-state index contributed by atoms with van der Waals surface area (Å²) in [7, 11) is 0. The number of aryl methyl sites for hydroxylation is 1. The first-order chi connectivity index (χ1) is 10.1. The molecule has 0 atom stereocenters. The summed E-state index contributed by atoms with van der Waals surface area (Å²) in [5.74, 6) is -0.824. The van der Waals surface area contributed by atoms with Crippen LogP contribution in [0.4, 0.5) is 0 Å². The van der Waals surface area contributed by atoms with Crippen molar-refractivity contribution in [2.75, 3.05) is 0 Å². The summed E-state index contributed by atoms with van der Waals surface area (Å²) < 4.78 is 47.5. The Morgan fingerprint density at radius 1 is 1.12 bits per heavy atom. The Morgan fingerprint density at radius 2 is 1.81 bits per heavy atom. The molecule has 0 bridgehead atoms. The van der Waals surface area contributed by atoms with E-state index < -0.39 is 11.9 Å². The molecule has 0 unspecified atom stereocenters. The van der Waals surface area contributed by atoms with Crippen LogP contribution in [0.5, 0.6) is 0 Å². The molecule has 0 saturated carbocycles. The summed E-state index contributed by atoms with van der Waals surface area (Å²) in [4.78, 5) is 0. The summed E-state index contributed by atoms with van der Waals surface area (Å²) in [5.41, 5.74) is 2.32. The van der Waals surface area contributed by atoms with Gasteiger partial charge in [0.25, 0.3) is 0 Å². The van der Waals surface area contributed by atoms with Gasteiger partial charge in [-0.25, -0.2) is 0 Å². The van der Waals surface area contributed by atoms with Crippen LogP contribution in [-0.2, 0) is 0 Å². The topological polar surface area (TPSA) is 0 Å². The van der Waals surface area contributed by atoms with Crippen LogP contribution in [0.2, 0.25) is 0 Å². The number of benzene rings is 2. The largest absolute Gasteiger partial charge is 0.0629 e. The van der Waals surface area contributed by atoms with Crippen molar-refractivity contribution < 1.29 is 8.22 Å². The van der Waals surface area contributed by atoms with Crippen LogP contribution in [0.1, 0.15) is 39.1 Å². The highest BCUT2D eigenvalue weighted by Gasteiger charge is 2.05. The van der Waals surface area contributed by atoms with Gasteiger partial charge in [0, 0.05) is 1.37 Å². The lowest BCUT2D eigenvalue weighted by Crippen LogP contribution is -1.90. The Hall–Kier alpha value is -1.56. The first-order valence-corrected chi connectivity index (χ1v) is 5.24. The highest BCUT2D eigenvalue weighted by molar-refractivity contribution is 5.67. The molecule has 0 heteroatoms. The monoisotopic (exact) mass is 216 g/mol. The Kier molecular flexibility index (Phi) is 1.60. The van der Waals surface area contributed by atoms with Crippen molar-refractivity contribution in [1.29, 1.82) is 0 Å². The molecular weight excluding hydrogens is 192 g/mol. The van der Waals surface area contributed by atoms with Crippen LogP contribution in [0, 0.1) is 6.92 Å². The fourth-order valence-corrected chi connectivity index (χ4v) is 1.59. The molecule has 0 fully saturated rings. The lowest BCUT2D eigenvalue weighted by molar-refractivity contribution is 0.866. The van der Waals surface area contributed by atoms with Gasteiger partial charge in [0.05, 0.1) is 6.85 Å². The molecule has 0 amide bonds. The van der Waals surface area contributed by atoms with Gasteiger partial charge < -0.3 is 0 Å². The van der Waals surface area contributed by atoms with Gasteiger partial charge in [-0.3, -0.25) is 0 Å². The molecule has 2 aromatic carbocycles. The van der Waals surface area contributed by atoms with Crippen LogP contribution < -0.4 is 0 Å². The summed E-state index contributed by atoms with van der Waals surface area (Å²) in [6.07, 6.45) is 0. The maximum atomic E-state index is 8.13. The van der Waals surface area contributed by atoms with Crippen molar-refractivity contribution in [1.82, 2.24) is 0 Å². The molecule has 82 valence electrons. The van der Waals surface area contributed by atoms with E-state index in [-0.39, 0.29) is 29.7 Å². The van der Waals surface area contributed by atoms with E-state index in [4.69, 9.17) is 8.22 Å². The highest BCUT2D eigenvalue weighted by atomic mass is 14.1. The van der Waals surface area contributed by atoms with E-state index in [1.54, 1.807) is 19.9 Å². The standard InChI is InChI=1S/C16H18/c1-12(2)15-10-9-13(3)16(11-15)14-7-5-4-6-8-14/h4-12H,1-3H3/i4D,5D,6D,7D,8D,12D. The van der Waals surface area contributed by atoms with Crippen LogP contribution >= 0.6 is 0 Å². The zero-order chi connectivity index (χ0) is 16.8. The van der Waals surface area contributed by atoms with Gasteiger partial charge in [-0.15, -0.1) is 0 Å². The van der Waals surface area contributed by atoms with E-state index in [0.717, 1.165) is 11.1 Å². The minimum atomic E-state index is -0.824. The van der Waals surface area contributed by atoms with Crippen molar-refractivity contribution in [2.45, 2.75) is 26.7 Å². The predicted octanol–water partition coefficient (Wildman–Crippen LogP) is 4.79. The summed E-state index contributed by atoms with van der Waals surface area (Å²) in [6.45, 7) is 5.34. The van der Waals surface area contributed by atoms with Crippen molar-refractivity contribution in [3.05, 3.63) is 59.5 Å².